The van der Waals surface area contributed by atoms with Crippen molar-refractivity contribution in [3.05, 3.63) is 0 Å². The van der Waals surface area contributed by atoms with Gasteiger partial charge in [-0.15, -0.1) is 0 Å². The Bertz CT molecular complexity index is 126. The first-order valence-corrected chi connectivity index (χ1v) is 4.05. The topological polar surface area (TPSA) is 121 Å². The van der Waals surface area contributed by atoms with Gasteiger partial charge in [0.2, 0.25) is 0 Å². The van der Waals surface area contributed by atoms with E-state index >= 15 is 0 Å². The van der Waals surface area contributed by atoms with Crippen molar-refractivity contribution in [2.75, 3.05) is 13.2 Å². The molecule has 0 aromatic carbocycles. The first-order chi connectivity index (χ1) is 4.83. The van der Waals surface area contributed by atoms with Crippen LogP contribution in [0.1, 0.15) is 13.8 Å². The van der Waals surface area contributed by atoms with Crippen molar-refractivity contribution in [1.29, 1.82) is 0 Å². The van der Waals surface area contributed by atoms with Crippen molar-refractivity contribution in [3.8, 4) is 0 Å². The van der Waals surface area contributed by atoms with Crippen molar-refractivity contribution in [3.63, 3.8) is 0 Å². The monoisotopic (exact) mass is 234 g/mol. The number of aliphatic hydroxyl groups excluding tert-OH is 2. The summed E-state index contributed by atoms with van der Waals surface area (Å²) in [6.07, 6.45) is 0. The molecule has 13 heavy (non-hydrogen) atoms. The Balaban J connectivity index is -0.0000000240. The summed E-state index contributed by atoms with van der Waals surface area (Å²) >= 11 is 0. The number of hydrogen-bond acceptors (Lipinski definition) is 6. The molecule has 0 heterocycles. The Morgan fingerprint density at radius 2 is 1.00 bits per heavy atom. The summed E-state index contributed by atoms with van der Waals surface area (Å²) in [6, 6.07) is 0. The van der Waals surface area contributed by atoms with Crippen molar-refractivity contribution in [2.45, 2.75) is 13.8 Å². The van der Waals surface area contributed by atoms with Gasteiger partial charge in [0.15, 0.2) is 0 Å². The van der Waals surface area contributed by atoms with Gasteiger partial charge in [-0.05, 0) is 13.8 Å². The van der Waals surface area contributed by atoms with Gasteiger partial charge in [0.25, 0.3) is 0 Å². The van der Waals surface area contributed by atoms with E-state index in [-0.39, 0.29) is 72.3 Å². The maximum Gasteiger partial charge on any atom is 1.00 e. The van der Waals surface area contributed by atoms with E-state index in [9.17, 15) is 0 Å². The van der Waals surface area contributed by atoms with Crippen LogP contribution >= 0.6 is 0 Å². The van der Waals surface area contributed by atoms with Crippen molar-refractivity contribution >= 4 is 10.4 Å². The van der Waals surface area contributed by atoms with Crippen LogP contribution in [0.4, 0.5) is 0 Å². The normalized spacial score (nSPS) is 7.23. The summed E-state index contributed by atoms with van der Waals surface area (Å²) in [6.45, 7) is 3.86. The molecule has 9 heteroatoms. The van der Waals surface area contributed by atoms with E-state index < -0.39 is 10.4 Å². The number of aliphatic hydroxyl groups is 2. The average molecular weight is 234 g/mol. The van der Waals surface area contributed by atoms with Gasteiger partial charge >= 0.3 is 59.1 Å². The molecule has 6 nitrogen and oxygen atoms in total. The molecule has 0 radical (unpaired) electrons. The van der Waals surface area contributed by atoms with E-state index in [4.69, 9.17) is 27.7 Å². The van der Waals surface area contributed by atoms with Gasteiger partial charge in [0.1, 0.15) is 0 Å². The minimum absolute atomic E-state index is 0. The zero-order valence-corrected chi connectivity index (χ0v) is 13.2. The standard InChI is InChI=1S/2C2H6O.2Na.H2O4S/c2*1-2-3;;;1-5(2,3)4/h2*3H,2H2,1H3;;;(H2,1,2,3,4)/q;;2*+1;/p-2. The van der Waals surface area contributed by atoms with Crippen LogP contribution in [-0.2, 0) is 10.4 Å². The maximum atomic E-state index is 8.52. The third-order valence-corrected chi connectivity index (χ3v) is 0. The smallest absolute Gasteiger partial charge is 0.759 e. The summed E-state index contributed by atoms with van der Waals surface area (Å²) in [5, 5.41) is 15.1. The van der Waals surface area contributed by atoms with Gasteiger partial charge in [-0.2, -0.15) is 0 Å². The van der Waals surface area contributed by atoms with Gasteiger partial charge in [-0.25, -0.2) is 0 Å². The molecule has 0 aromatic rings. The molecular weight excluding hydrogens is 222 g/mol. The molecule has 0 rings (SSSR count). The first-order valence-electron chi connectivity index (χ1n) is 2.71. The fourth-order valence-electron chi connectivity index (χ4n) is 0. The van der Waals surface area contributed by atoms with Crippen LogP contribution in [0.3, 0.4) is 0 Å². The molecule has 0 spiro atoms. The molecule has 2 N–H and O–H groups in total. The van der Waals surface area contributed by atoms with Gasteiger partial charge in [-0.1, -0.05) is 0 Å². The second-order valence-corrected chi connectivity index (χ2v) is 1.86. The molecule has 0 atom stereocenters. The summed E-state index contributed by atoms with van der Waals surface area (Å²) < 4.78 is 34.1. The molecule has 0 saturated carbocycles. The Morgan fingerprint density at radius 1 is 1.00 bits per heavy atom. The van der Waals surface area contributed by atoms with E-state index in [0.29, 0.717) is 0 Å². The molecule has 0 aliphatic rings. The summed E-state index contributed by atoms with van der Waals surface area (Å²) in [4.78, 5) is 0. The molecule has 0 unspecified atom stereocenters. The summed E-state index contributed by atoms with van der Waals surface area (Å²) in [5.41, 5.74) is 0. The second kappa shape index (κ2) is 23.5. The van der Waals surface area contributed by atoms with Gasteiger partial charge in [-0.3, -0.25) is 8.42 Å². The van der Waals surface area contributed by atoms with Crippen LogP contribution in [0.25, 0.3) is 0 Å². The molecular formula is C4H12Na2O6S. The van der Waals surface area contributed by atoms with E-state index in [1.165, 1.54) is 0 Å². The number of hydrogen-bond donors (Lipinski definition) is 2. The zero-order valence-electron chi connectivity index (χ0n) is 8.35. The third-order valence-electron chi connectivity index (χ3n) is 0. The van der Waals surface area contributed by atoms with Crippen molar-refractivity contribution < 1.29 is 86.9 Å². The molecule has 0 aliphatic carbocycles. The van der Waals surface area contributed by atoms with Crippen LogP contribution in [-0.4, -0.2) is 41.0 Å². The van der Waals surface area contributed by atoms with E-state index in [1.807, 2.05) is 0 Å². The Hall–Kier alpha value is 1.79. The molecule has 72 valence electrons. The summed E-state index contributed by atoms with van der Waals surface area (Å²) in [5.74, 6) is 0. The van der Waals surface area contributed by atoms with Crippen LogP contribution in [0.15, 0.2) is 0 Å². The minimum Gasteiger partial charge on any atom is -0.759 e. The fraction of sp³-hybridized carbons (Fsp3) is 1.00. The Morgan fingerprint density at radius 3 is 1.00 bits per heavy atom. The Labute approximate surface area is 123 Å². The largest absolute Gasteiger partial charge is 1.00 e. The van der Waals surface area contributed by atoms with Gasteiger partial charge in [0.05, 0.1) is 0 Å². The van der Waals surface area contributed by atoms with Gasteiger partial charge in [0, 0.05) is 23.6 Å². The molecule has 0 amide bonds. The fourth-order valence-corrected chi connectivity index (χ4v) is 0. The second-order valence-electron chi connectivity index (χ2n) is 1.04. The van der Waals surface area contributed by atoms with E-state index in [2.05, 4.69) is 0 Å². The summed E-state index contributed by atoms with van der Waals surface area (Å²) in [7, 11) is -5.17. The molecule has 0 bridgehead atoms. The Kier molecular flexibility index (Phi) is 53.1. The van der Waals surface area contributed by atoms with Crippen molar-refractivity contribution in [1.82, 2.24) is 0 Å². The predicted octanol–water partition coefficient (Wildman–Crippen LogP) is -7.33. The molecule has 0 aliphatic heterocycles. The molecule has 0 saturated heterocycles. The van der Waals surface area contributed by atoms with Crippen LogP contribution < -0.4 is 59.1 Å². The van der Waals surface area contributed by atoms with Crippen molar-refractivity contribution in [2.24, 2.45) is 0 Å². The van der Waals surface area contributed by atoms with E-state index in [0.717, 1.165) is 0 Å². The molecule has 0 fully saturated rings. The third kappa shape index (κ3) is 598. The van der Waals surface area contributed by atoms with Crippen LogP contribution in [0, 0.1) is 0 Å². The zero-order chi connectivity index (χ0) is 9.91. The predicted molar refractivity (Wildman–Crippen MR) is 36.0 cm³/mol. The van der Waals surface area contributed by atoms with Crippen LogP contribution in [0.5, 0.6) is 0 Å². The first kappa shape index (κ1) is 29.3. The van der Waals surface area contributed by atoms with Gasteiger partial charge < -0.3 is 19.3 Å². The maximum absolute atomic E-state index is 8.52. The molecule has 0 aromatic heterocycles. The van der Waals surface area contributed by atoms with E-state index in [1.54, 1.807) is 13.8 Å². The minimum atomic E-state index is -5.17. The number of rotatable bonds is 0. The SMILES string of the molecule is CCO.CCO.O=S(=O)([O-])[O-].[Na+].[Na+]. The quantitative estimate of drug-likeness (QED) is 0.244. The average Bonchev–Trinajstić information content (AvgIpc) is 1.62. The van der Waals surface area contributed by atoms with Crippen LogP contribution in [0.2, 0.25) is 0 Å².